The van der Waals surface area contributed by atoms with E-state index in [1.807, 2.05) is 6.92 Å². The van der Waals surface area contributed by atoms with Crippen LogP contribution in [0.15, 0.2) is 11.1 Å². The number of hydrogen-bond donors (Lipinski definition) is 1. The zero-order valence-electron chi connectivity index (χ0n) is 14.1. The summed E-state index contributed by atoms with van der Waals surface area (Å²) in [7, 11) is 0. The van der Waals surface area contributed by atoms with E-state index in [4.69, 9.17) is 0 Å². The van der Waals surface area contributed by atoms with E-state index >= 15 is 0 Å². The maximum atomic E-state index is 11.3. The van der Waals surface area contributed by atoms with Crippen LogP contribution < -0.4 is 0 Å². The molecule has 0 amide bonds. The Bertz CT molecular complexity index is 324. The molecule has 0 aromatic carbocycles. The van der Waals surface area contributed by atoms with Gasteiger partial charge in [-0.2, -0.15) is 0 Å². The van der Waals surface area contributed by atoms with Crippen molar-refractivity contribution in [1.29, 1.82) is 0 Å². The van der Waals surface area contributed by atoms with E-state index in [0.717, 1.165) is 6.42 Å². The van der Waals surface area contributed by atoms with E-state index in [-0.39, 0.29) is 0 Å². The van der Waals surface area contributed by atoms with Gasteiger partial charge in [-0.25, -0.2) is 4.79 Å². The Hall–Kier alpha value is -0.790. The van der Waals surface area contributed by atoms with Crippen LogP contribution in [0.3, 0.4) is 0 Å². The van der Waals surface area contributed by atoms with Crippen molar-refractivity contribution in [3.8, 4) is 0 Å². The molecule has 0 heterocycles. The number of carboxylic acids is 1. The highest BCUT2D eigenvalue weighted by Crippen LogP contribution is 2.34. The summed E-state index contributed by atoms with van der Waals surface area (Å²) in [5.74, 6) is -0.159. The van der Waals surface area contributed by atoms with Crippen molar-refractivity contribution < 1.29 is 9.90 Å². The molecule has 0 saturated heterocycles. The number of carboxylic acid groups (broad SMARTS) is 1. The number of hydrogen-bond acceptors (Lipinski definition) is 1. The first-order valence-corrected chi connectivity index (χ1v) is 9.09. The van der Waals surface area contributed by atoms with Gasteiger partial charge in [0.1, 0.15) is 0 Å². The van der Waals surface area contributed by atoms with E-state index in [2.05, 4.69) is 6.92 Å². The van der Waals surface area contributed by atoms with Gasteiger partial charge >= 0.3 is 5.97 Å². The first-order chi connectivity index (χ1) is 10.2. The van der Waals surface area contributed by atoms with Crippen LogP contribution in [0.25, 0.3) is 0 Å². The van der Waals surface area contributed by atoms with E-state index in [9.17, 15) is 9.90 Å². The van der Waals surface area contributed by atoms with E-state index in [1.54, 1.807) is 0 Å². The Kier molecular flexibility index (Phi) is 9.45. The fourth-order valence-electron chi connectivity index (χ4n) is 3.56. The second-order valence-electron chi connectivity index (χ2n) is 6.66. The highest BCUT2D eigenvalue weighted by Gasteiger charge is 2.21. The molecule has 0 atom stereocenters. The molecular weight excluding hydrogens is 260 g/mol. The second-order valence-corrected chi connectivity index (χ2v) is 6.66. The van der Waals surface area contributed by atoms with Gasteiger partial charge in [0.2, 0.25) is 0 Å². The Balaban J connectivity index is 2.39. The van der Waals surface area contributed by atoms with Crippen LogP contribution in [0.1, 0.15) is 97.3 Å². The molecule has 1 aliphatic carbocycles. The van der Waals surface area contributed by atoms with E-state index < -0.39 is 5.97 Å². The van der Waals surface area contributed by atoms with Crippen molar-refractivity contribution in [3.05, 3.63) is 11.1 Å². The molecule has 0 spiro atoms. The Morgan fingerprint density at radius 3 is 2.10 bits per heavy atom. The standard InChI is InChI=1S/C19H34O2/c1-3-4-5-6-7-8-12-15-18(16(2)19(20)21)17-13-10-9-11-14-17/h17H,3-15H2,1-2H3,(H,20,21). The fraction of sp³-hybridized carbons (Fsp3) is 0.842. The third kappa shape index (κ3) is 7.15. The average molecular weight is 294 g/mol. The molecule has 0 aromatic rings. The van der Waals surface area contributed by atoms with Crippen LogP contribution in [0.4, 0.5) is 0 Å². The van der Waals surface area contributed by atoms with Crippen molar-refractivity contribution in [2.75, 3.05) is 0 Å². The van der Waals surface area contributed by atoms with Gasteiger partial charge in [0.05, 0.1) is 0 Å². The summed E-state index contributed by atoms with van der Waals surface area (Å²) in [6, 6.07) is 0. The maximum absolute atomic E-state index is 11.3. The lowest BCUT2D eigenvalue weighted by Gasteiger charge is -2.26. The van der Waals surface area contributed by atoms with Crippen LogP contribution in [-0.4, -0.2) is 11.1 Å². The Morgan fingerprint density at radius 1 is 0.952 bits per heavy atom. The molecule has 0 radical (unpaired) electrons. The summed E-state index contributed by atoms with van der Waals surface area (Å²) < 4.78 is 0. The molecule has 2 heteroatoms. The zero-order valence-corrected chi connectivity index (χ0v) is 14.1. The van der Waals surface area contributed by atoms with Crippen LogP contribution in [0.5, 0.6) is 0 Å². The SMILES string of the molecule is CCCCCCCCCC(=C(C)C(=O)O)C1CCCCC1. The molecule has 1 fully saturated rings. The van der Waals surface area contributed by atoms with Crippen molar-refractivity contribution in [2.45, 2.75) is 97.3 Å². The predicted octanol–water partition coefficient (Wildman–Crippen LogP) is 6.11. The summed E-state index contributed by atoms with van der Waals surface area (Å²) in [6.07, 6.45) is 16.4. The quantitative estimate of drug-likeness (QED) is 0.390. The molecule has 21 heavy (non-hydrogen) atoms. The summed E-state index contributed by atoms with van der Waals surface area (Å²) in [5.41, 5.74) is 1.89. The second kappa shape index (κ2) is 10.9. The van der Waals surface area contributed by atoms with Gasteiger partial charge < -0.3 is 5.11 Å². The Labute approximate surface area is 131 Å². The summed E-state index contributed by atoms with van der Waals surface area (Å²) >= 11 is 0. The van der Waals surface area contributed by atoms with Gasteiger partial charge in [0.25, 0.3) is 0 Å². The van der Waals surface area contributed by atoms with Gasteiger partial charge in [0.15, 0.2) is 0 Å². The minimum Gasteiger partial charge on any atom is -0.478 e. The number of unbranched alkanes of at least 4 members (excludes halogenated alkanes) is 6. The third-order valence-corrected chi connectivity index (χ3v) is 4.95. The maximum Gasteiger partial charge on any atom is 0.331 e. The van der Waals surface area contributed by atoms with E-state index in [0.29, 0.717) is 11.5 Å². The molecule has 1 rings (SSSR count). The molecule has 122 valence electrons. The van der Waals surface area contributed by atoms with Crippen LogP contribution >= 0.6 is 0 Å². The molecule has 0 bridgehead atoms. The van der Waals surface area contributed by atoms with Crippen LogP contribution in [0, 0.1) is 5.92 Å². The first kappa shape index (κ1) is 18.3. The highest BCUT2D eigenvalue weighted by molar-refractivity contribution is 5.86. The summed E-state index contributed by atoms with van der Waals surface area (Å²) in [5, 5.41) is 9.33. The van der Waals surface area contributed by atoms with Crippen molar-refractivity contribution >= 4 is 5.97 Å². The molecule has 0 aromatic heterocycles. The molecule has 0 unspecified atom stereocenters. The normalized spacial score (nSPS) is 17.6. The summed E-state index contributed by atoms with van der Waals surface area (Å²) in [6.45, 7) is 4.06. The third-order valence-electron chi connectivity index (χ3n) is 4.95. The Morgan fingerprint density at radius 2 is 1.52 bits per heavy atom. The molecule has 1 aliphatic rings. The number of aliphatic carboxylic acids is 1. The molecular formula is C19H34O2. The van der Waals surface area contributed by atoms with Gasteiger partial charge in [0, 0.05) is 5.57 Å². The lowest BCUT2D eigenvalue weighted by molar-refractivity contribution is -0.132. The van der Waals surface area contributed by atoms with Gasteiger partial charge in [-0.15, -0.1) is 0 Å². The lowest BCUT2D eigenvalue weighted by atomic mass is 9.80. The predicted molar refractivity (Wildman–Crippen MR) is 89.5 cm³/mol. The number of rotatable bonds is 10. The minimum atomic E-state index is -0.710. The van der Waals surface area contributed by atoms with E-state index in [1.165, 1.54) is 82.6 Å². The van der Waals surface area contributed by atoms with Gasteiger partial charge in [-0.3, -0.25) is 0 Å². The largest absolute Gasteiger partial charge is 0.478 e. The number of carbonyl (C=O) groups is 1. The van der Waals surface area contributed by atoms with Gasteiger partial charge in [-0.1, -0.05) is 70.3 Å². The highest BCUT2D eigenvalue weighted by atomic mass is 16.4. The van der Waals surface area contributed by atoms with Crippen molar-refractivity contribution in [2.24, 2.45) is 5.92 Å². The molecule has 2 nitrogen and oxygen atoms in total. The van der Waals surface area contributed by atoms with Crippen LogP contribution in [0.2, 0.25) is 0 Å². The molecule has 0 aliphatic heterocycles. The monoisotopic (exact) mass is 294 g/mol. The lowest BCUT2D eigenvalue weighted by Crippen LogP contribution is -2.14. The number of allylic oxidation sites excluding steroid dienone is 1. The minimum absolute atomic E-state index is 0.551. The fourth-order valence-corrected chi connectivity index (χ4v) is 3.56. The topological polar surface area (TPSA) is 37.3 Å². The first-order valence-electron chi connectivity index (χ1n) is 9.09. The van der Waals surface area contributed by atoms with Crippen molar-refractivity contribution in [3.63, 3.8) is 0 Å². The van der Waals surface area contributed by atoms with Gasteiger partial charge in [-0.05, 0) is 38.5 Å². The van der Waals surface area contributed by atoms with Crippen LogP contribution in [-0.2, 0) is 4.79 Å². The van der Waals surface area contributed by atoms with Crippen molar-refractivity contribution in [1.82, 2.24) is 0 Å². The molecule has 1 saturated carbocycles. The average Bonchev–Trinajstić information content (AvgIpc) is 2.50. The molecule has 1 N–H and O–H groups in total. The zero-order chi connectivity index (χ0) is 15.5. The summed E-state index contributed by atoms with van der Waals surface area (Å²) in [4.78, 5) is 11.3. The smallest absolute Gasteiger partial charge is 0.331 e.